The van der Waals surface area contributed by atoms with Crippen molar-refractivity contribution in [2.45, 2.75) is 26.7 Å². The van der Waals surface area contributed by atoms with Crippen LogP contribution in [-0.4, -0.2) is 59.2 Å². The SMILES string of the molecule is Cc1ccc(C)c(N2CCN(C(=O)C3CCCN(c4cc(=O)n(C)c(=O)n4C)C3)CC2)c1. The fourth-order valence-electron chi connectivity index (χ4n) is 4.90. The van der Waals surface area contributed by atoms with Gasteiger partial charge >= 0.3 is 5.69 Å². The minimum absolute atomic E-state index is 0.116. The lowest BCUT2D eigenvalue weighted by Crippen LogP contribution is -2.53. The fraction of sp³-hybridized carbons (Fsp3) is 0.542. The van der Waals surface area contributed by atoms with Gasteiger partial charge in [0.1, 0.15) is 5.82 Å². The standard InChI is InChI=1S/C24H33N5O3/c1-17-7-8-18(2)20(14-17)27-10-12-28(13-11-27)23(31)19-6-5-9-29(16-19)21-15-22(30)26(4)24(32)25(21)3/h7-8,14-15,19H,5-6,9-13,16H2,1-4H3. The Bertz CT molecular complexity index is 1130. The van der Waals surface area contributed by atoms with Gasteiger partial charge < -0.3 is 14.7 Å². The van der Waals surface area contributed by atoms with Crippen LogP contribution in [0, 0.1) is 19.8 Å². The number of piperidine rings is 1. The van der Waals surface area contributed by atoms with Crippen molar-refractivity contribution in [3.05, 3.63) is 56.2 Å². The first kappa shape index (κ1) is 22.2. The van der Waals surface area contributed by atoms with Gasteiger partial charge in [-0.3, -0.25) is 18.7 Å². The molecule has 2 aliphatic heterocycles. The molecular formula is C24H33N5O3. The summed E-state index contributed by atoms with van der Waals surface area (Å²) in [5, 5.41) is 0. The number of nitrogens with zero attached hydrogens (tertiary/aromatic N) is 5. The molecule has 32 heavy (non-hydrogen) atoms. The summed E-state index contributed by atoms with van der Waals surface area (Å²) < 4.78 is 2.60. The molecule has 1 amide bonds. The Morgan fingerprint density at radius 2 is 1.62 bits per heavy atom. The van der Waals surface area contributed by atoms with E-state index in [1.807, 2.05) is 9.80 Å². The molecule has 0 bridgehead atoms. The van der Waals surface area contributed by atoms with Gasteiger partial charge in [0.2, 0.25) is 5.91 Å². The molecule has 8 nitrogen and oxygen atoms in total. The van der Waals surface area contributed by atoms with Crippen LogP contribution in [0.4, 0.5) is 11.5 Å². The predicted molar refractivity (Wildman–Crippen MR) is 127 cm³/mol. The van der Waals surface area contributed by atoms with Crippen LogP contribution < -0.4 is 21.0 Å². The van der Waals surface area contributed by atoms with Crippen molar-refractivity contribution in [2.75, 3.05) is 49.1 Å². The molecule has 1 atom stereocenters. The largest absolute Gasteiger partial charge is 0.368 e. The normalized spacial score (nSPS) is 19.4. The first-order chi connectivity index (χ1) is 15.3. The predicted octanol–water partition coefficient (Wildman–Crippen LogP) is 1.27. The van der Waals surface area contributed by atoms with E-state index in [2.05, 4.69) is 36.9 Å². The van der Waals surface area contributed by atoms with E-state index < -0.39 is 0 Å². The lowest BCUT2D eigenvalue weighted by molar-refractivity contribution is -0.136. The molecular weight excluding hydrogens is 406 g/mol. The van der Waals surface area contributed by atoms with Gasteiger partial charge in [-0.1, -0.05) is 12.1 Å². The highest BCUT2D eigenvalue weighted by Gasteiger charge is 2.32. The molecule has 0 radical (unpaired) electrons. The second-order valence-electron chi connectivity index (χ2n) is 9.13. The number of aromatic nitrogens is 2. The van der Waals surface area contributed by atoms with Gasteiger partial charge in [0.25, 0.3) is 5.56 Å². The molecule has 2 fully saturated rings. The van der Waals surface area contributed by atoms with Gasteiger partial charge in [-0.2, -0.15) is 0 Å². The van der Waals surface area contributed by atoms with Crippen molar-refractivity contribution >= 4 is 17.4 Å². The first-order valence-corrected chi connectivity index (χ1v) is 11.4. The van der Waals surface area contributed by atoms with Crippen LogP contribution in [0.2, 0.25) is 0 Å². The topological polar surface area (TPSA) is 70.8 Å². The number of piperazine rings is 1. The Morgan fingerprint density at radius 1 is 0.906 bits per heavy atom. The van der Waals surface area contributed by atoms with E-state index in [4.69, 9.17) is 0 Å². The molecule has 2 aromatic rings. The molecule has 2 aliphatic rings. The number of hydrogen-bond acceptors (Lipinski definition) is 5. The van der Waals surface area contributed by atoms with E-state index in [-0.39, 0.29) is 23.1 Å². The molecule has 0 aliphatic carbocycles. The molecule has 0 saturated carbocycles. The van der Waals surface area contributed by atoms with E-state index in [9.17, 15) is 14.4 Å². The lowest BCUT2D eigenvalue weighted by atomic mass is 9.96. The summed E-state index contributed by atoms with van der Waals surface area (Å²) in [6, 6.07) is 8.01. The maximum Gasteiger partial charge on any atom is 0.332 e. The zero-order valence-corrected chi connectivity index (χ0v) is 19.5. The first-order valence-electron chi connectivity index (χ1n) is 11.4. The Balaban J connectivity index is 1.43. The van der Waals surface area contributed by atoms with Crippen molar-refractivity contribution in [1.29, 1.82) is 0 Å². The van der Waals surface area contributed by atoms with Crippen molar-refractivity contribution in [3.8, 4) is 0 Å². The summed E-state index contributed by atoms with van der Waals surface area (Å²) in [6.45, 7) is 8.61. The highest BCUT2D eigenvalue weighted by Crippen LogP contribution is 2.26. The summed E-state index contributed by atoms with van der Waals surface area (Å²) >= 11 is 0. The van der Waals surface area contributed by atoms with Crippen LogP contribution in [0.5, 0.6) is 0 Å². The average molecular weight is 440 g/mol. The van der Waals surface area contributed by atoms with Gasteiger partial charge in [-0.05, 0) is 43.9 Å². The van der Waals surface area contributed by atoms with Gasteiger partial charge in [0.05, 0.1) is 5.92 Å². The van der Waals surface area contributed by atoms with Crippen molar-refractivity contribution in [2.24, 2.45) is 20.0 Å². The molecule has 1 aromatic heterocycles. The summed E-state index contributed by atoms with van der Waals surface area (Å²) in [6.07, 6.45) is 1.70. The molecule has 0 spiro atoms. The smallest absolute Gasteiger partial charge is 0.332 e. The van der Waals surface area contributed by atoms with Crippen LogP contribution >= 0.6 is 0 Å². The minimum Gasteiger partial charge on any atom is -0.368 e. The van der Waals surface area contributed by atoms with E-state index in [0.717, 1.165) is 37.0 Å². The number of aryl methyl sites for hydroxylation is 2. The quantitative estimate of drug-likeness (QED) is 0.720. The van der Waals surface area contributed by atoms with Gasteiger partial charge in [-0.25, -0.2) is 4.79 Å². The average Bonchev–Trinajstić information content (AvgIpc) is 2.81. The van der Waals surface area contributed by atoms with E-state index in [0.29, 0.717) is 25.5 Å². The highest BCUT2D eigenvalue weighted by molar-refractivity contribution is 5.80. The van der Waals surface area contributed by atoms with E-state index in [1.165, 1.54) is 34.5 Å². The van der Waals surface area contributed by atoms with Crippen LogP contribution in [0.25, 0.3) is 0 Å². The number of anilines is 2. The van der Waals surface area contributed by atoms with E-state index in [1.54, 1.807) is 7.05 Å². The summed E-state index contributed by atoms with van der Waals surface area (Å²) in [7, 11) is 3.16. The van der Waals surface area contributed by atoms with Crippen molar-refractivity contribution in [3.63, 3.8) is 0 Å². The summed E-state index contributed by atoms with van der Waals surface area (Å²) in [5.41, 5.74) is 3.10. The van der Waals surface area contributed by atoms with Gasteiger partial charge in [0, 0.05) is 65.1 Å². The molecule has 8 heteroatoms. The fourth-order valence-corrected chi connectivity index (χ4v) is 4.90. The number of rotatable bonds is 3. The number of amides is 1. The zero-order valence-electron chi connectivity index (χ0n) is 19.5. The lowest BCUT2D eigenvalue weighted by Gasteiger charge is -2.40. The Hall–Kier alpha value is -3.03. The van der Waals surface area contributed by atoms with Crippen LogP contribution in [0.1, 0.15) is 24.0 Å². The van der Waals surface area contributed by atoms with Gasteiger partial charge in [0.15, 0.2) is 0 Å². The Kier molecular flexibility index (Phi) is 6.13. The third-order valence-electron chi connectivity index (χ3n) is 6.89. The summed E-state index contributed by atoms with van der Waals surface area (Å²) in [5.74, 6) is 0.662. The molecule has 0 N–H and O–H groups in total. The molecule has 3 heterocycles. The number of hydrogen-bond donors (Lipinski definition) is 0. The molecule has 4 rings (SSSR count). The zero-order chi connectivity index (χ0) is 23.0. The summed E-state index contributed by atoms with van der Waals surface area (Å²) in [4.78, 5) is 44.2. The Morgan fingerprint density at radius 3 is 2.34 bits per heavy atom. The number of carbonyl (C=O) groups is 1. The van der Waals surface area contributed by atoms with Crippen molar-refractivity contribution < 1.29 is 4.79 Å². The Labute approximate surface area is 188 Å². The second kappa shape index (κ2) is 8.84. The maximum absolute atomic E-state index is 13.3. The maximum atomic E-state index is 13.3. The van der Waals surface area contributed by atoms with Crippen LogP contribution in [0.3, 0.4) is 0 Å². The van der Waals surface area contributed by atoms with Crippen molar-refractivity contribution in [1.82, 2.24) is 14.0 Å². The van der Waals surface area contributed by atoms with Gasteiger partial charge in [-0.15, -0.1) is 0 Å². The van der Waals surface area contributed by atoms with E-state index >= 15 is 0 Å². The monoisotopic (exact) mass is 439 g/mol. The minimum atomic E-state index is -0.344. The molecule has 1 aromatic carbocycles. The third-order valence-corrected chi connectivity index (χ3v) is 6.89. The number of benzene rings is 1. The van der Waals surface area contributed by atoms with Crippen LogP contribution in [0.15, 0.2) is 33.9 Å². The van der Waals surface area contributed by atoms with Crippen LogP contribution in [-0.2, 0) is 18.9 Å². The molecule has 1 unspecified atom stereocenters. The highest BCUT2D eigenvalue weighted by atomic mass is 16.2. The third kappa shape index (κ3) is 4.18. The second-order valence-corrected chi connectivity index (χ2v) is 9.13. The number of carbonyl (C=O) groups excluding carboxylic acids is 1. The molecule has 2 saturated heterocycles. The molecule has 172 valence electrons.